The van der Waals surface area contributed by atoms with E-state index in [4.69, 9.17) is 4.74 Å². The number of piperidine rings is 1. The monoisotopic (exact) mass is 351 g/mol. The molecule has 136 valence electrons. The maximum atomic E-state index is 12.6. The van der Waals surface area contributed by atoms with Gasteiger partial charge in [-0.25, -0.2) is 0 Å². The molecule has 2 aromatic rings. The molecule has 0 aliphatic carbocycles. The van der Waals surface area contributed by atoms with E-state index in [0.29, 0.717) is 23.7 Å². The number of quaternary nitrogens is 1. The molecule has 2 aliphatic heterocycles. The van der Waals surface area contributed by atoms with Gasteiger partial charge in [-0.15, -0.1) is 0 Å². The minimum absolute atomic E-state index is 0.0311. The van der Waals surface area contributed by atoms with E-state index >= 15 is 0 Å². The zero-order valence-electron chi connectivity index (χ0n) is 15.3. The zero-order valence-corrected chi connectivity index (χ0v) is 15.3. The van der Waals surface area contributed by atoms with Crippen molar-refractivity contribution < 1.29 is 14.4 Å². The molecule has 4 rings (SSSR count). The Morgan fingerprint density at radius 3 is 2.31 bits per heavy atom. The Bertz CT molecular complexity index is 730. The molecule has 2 saturated heterocycles. The number of fused-ring (bicyclic) bond motifs is 2. The van der Waals surface area contributed by atoms with Crippen molar-refractivity contribution in [1.82, 2.24) is 5.32 Å². The quantitative estimate of drug-likeness (QED) is 0.867. The molecule has 0 spiro atoms. The van der Waals surface area contributed by atoms with Crippen molar-refractivity contribution in [2.24, 2.45) is 0 Å². The number of methoxy groups -OCH3 is 1. The van der Waals surface area contributed by atoms with Gasteiger partial charge in [0.05, 0.1) is 19.2 Å². The van der Waals surface area contributed by atoms with Crippen LogP contribution in [0.15, 0.2) is 54.6 Å². The lowest BCUT2D eigenvalue weighted by Crippen LogP contribution is -3.17. The van der Waals surface area contributed by atoms with Gasteiger partial charge in [0.15, 0.2) is 0 Å². The fourth-order valence-electron chi connectivity index (χ4n) is 4.68. The highest BCUT2D eigenvalue weighted by molar-refractivity contribution is 5.94. The van der Waals surface area contributed by atoms with E-state index in [1.165, 1.54) is 18.4 Å². The van der Waals surface area contributed by atoms with Gasteiger partial charge in [-0.3, -0.25) is 4.79 Å². The Hall–Kier alpha value is -2.33. The number of amides is 1. The van der Waals surface area contributed by atoms with E-state index in [0.717, 1.165) is 25.1 Å². The normalized spacial score (nSPS) is 27.1. The standard InChI is InChI=1S/C22H26N2O2/c1-26-21-11-7-17(8-12-21)22(25)23-18-13-19-9-10-20(14-18)24(19)15-16-5-3-2-4-6-16/h2-8,11-12,18-20H,9-10,13-15H2,1H3,(H,23,25)/p+1/t18?,19-,20+. The molecule has 0 radical (unpaired) electrons. The molecule has 2 fully saturated rings. The van der Waals surface area contributed by atoms with Gasteiger partial charge < -0.3 is 15.0 Å². The molecular weight excluding hydrogens is 324 g/mol. The minimum atomic E-state index is 0.0311. The van der Waals surface area contributed by atoms with Gasteiger partial charge in [0.1, 0.15) is 12.3 Å². The van der Waals surface area contributed by atoms with Gasteiger partial charge in [-0.05, 0) is 24.3 Å². The molecular formula is C22H27N2O2+. The second-order valence-corrected chi connectivity index (χ2v) is 7.58. The van der Waals surface area contributed by atoms with Crippen molar-refractivity contribution >= 4 is 5.91 Å². The Morgan fingerprint density at radius 2 is 1.69 bits per heavy atom. The summed E-state index contributed by atoms with van der Waals surface area (Å²) in [7, 11) is 1.64. The summed E-state index contributed by atoms with van der Waals surface area (Å²) in [4.78, 5) is 14.3. The van der Waals surface area contributed by atoms with Crippen LogP contribution < -0.4 is 15.0 Å². The first-order valence-corrected chi connectivity index (χ1v) is 9.57. The first kappa shape index (κ1) is 17.1. The van der Waals surface area contributed by atoms with E-state index in [1.54, 1.807) is 12.0 Å². The van der Waals surface area contributed by atoms with Crippen LogP contribution in [0.1, 0.15) is 41.6 Å². The van der Waals surface area contributed by atoms with Crippen molar-refractivity contribution in [3.63, 3.8) is 0 Å². The van der Waals surface area contributed by atoms with Gasteiger partial charge in [0, 0.05) is 42.9 Å². The molecule has 2 aliphatic rings. The number of carbonyl (C=O) groups is 1. The molecule has 1 amide bonds. The van der Waals surface area contributed by atoms with E-state index < -0.39 is 0 Å². The van der Waals surface area contributed by atoms with Gasteiger partial charge >= 0.3 is 0 Å². The maximum absolute atomic E-state index is 12.6. The fraction of sp³-hybridized carbons (Fsp3) is 0.409. The Kier molecular flexibility index (Phi) is 4.93. The predicted molar refractivity (Wildman–Crippen MR) is 101 cm³/mol. The average Bonchev–Trinajstić information content (AvgIpc) is 2.91. The molecule has 26 heavy (non-hydrogen) atoms. The highest BCUT2D eigenvalue weighted by atomic mass is 16.5. The van der Waals surface area contributed by atoms with Crippen molar-refractivity contribution in [2.75, 3.05) is 7.11 Å². The third-order valence-corrected chi connectivity index (χ3v) is 5.99. The highest BCUT2D eigenvalue weighted by Crippen LogP contribution is 2.24. The van der Waals surface area contributed by atoms with Crippen molar-refractivity contribution in [1.29, 1.82) is 0 Å². The Morgan fingerprint density at radius 1 is 1.04 bits per heavy atom. The molecule has 2 aromatic carbocycles. The SMILES string of the molecule is COc1ccc(C(=O)NC2C[C@H]3CC[C@@H](C2)[NH+]3Cc2ccccc2)cc1. The van der Waals surface area contributed by atoms with Crippen LogP contribution in [0.3, 0.4) is 0 Å². The molecule has 0 saturated carbocycles. The average molecular weight is 351 g/mol. The van der Waals surface area contributed by atoms with Crippen LogP contribution in [-0.4, -0.2) is 31.1 Å². The largest absolute Gasteiger partial charge is 0.497 e. The second-order valence-electron chi connectivity index (χ2n) is 7.58. The van der Waals surface area contributed by atoms with Crippen LogP contribution in [-0.2, 0) is 6.54 Å². The summed E-state index contributed by atoms with van der Waals surface area (Å²) in [5.74, 6) is 0.806. The molecule has 4 heteroatoms. The summed E-state index contributed by atoms with van der Waals surface area (Å²) >= 11 is 0. The lowest BCUT2D eigenvalue weighted by molar-refractivity contribution is -0.954. The third-order valence-electron chi connectivity index (χ3n) is 5.99. The number of hydrogen-bond donors (Lipinski definition) is 2. The molecule has 2 bridgehead atoms. The molecule has 4 nitrogen and oxygen atoms in total. The first-order valence-electron chi connectivity index (χ1n) is 9.57. The van der Waals surface area contributed by atoms with E-state index in [9.17, 15) is 4.79 Å². The third kappa shape index (κ3) is 3.61. The molecule has 2 heterocycles. The van der Waals surface area contributed by atoms with Gasteiger partial charge in [0.25, 0.3) is 5.91 Å². The van der Waals surface area contributed by atoms with Gasteiger partial charge in [0.2, 0.25) is 0 Å². The number of rotatable bonds is 5. The summed E-state index contributed by atoms with van der Waals surface area (Å²) in [6, 6.07) is 19.7. The van der Waals surface area contributed by atoms with E-state index in [-0.39, 0.29) is 5.91 Å². The van der Waals surface area contributed by atoms with Crippen LogP contribution in [0.5, 0.6) is 5.75 Å². The predicted octanol–water partition coefficient (Wildman–Crippen LogP) is 2.20. The number of hydrogen-bond acceptors (Lipinski definition) is 2. The van der Waals surface area contributed by atoms with E-state index in [2.05, 4.69) is 35.6 Å². The number of nitrogens with one attached hydrogen (secondary N) is 2. The second kappa shape index (κ2) is 7.50. The maximum Gasteiger partial charge on any atom is 0.251 e. The number of ether oxygens (including phenoxy) is 1. The van der Waals surface area contributed by atoms with Crippen molar-refractivity contribution in [3.8, 4) is 5.75 Å². The molecule has 4 atom stereocenters. The molecule has 2 unspecified atom stereocenters. The van der Waals surface area contributed by atoms with Gasteiger partial charge in [-0.1, -0.05) is 30.3 Å². The summed E-state index contributed by atoms with van der Waals surface area (Å²) < 4.78 is 5.16. The lowest BCUT2D eigenvalue weighted by Gasteiger charge is -2.36. The Labute approximate surface area is 155 Å². The molecule has 0 aromatic heterocycles. The first-order chi connectivity index (χ1) is 12.7. The number of carbonyl (C=O) groups excluding carboxylic acids is 1. The van der Waals surface area contributed by atoms with Crippen LogP contribution in [0.4, 0.5) is 0 Å². The smallest absolute Gasteiger partial charge is 0.251 e. The van der Waals surface area contributed by atoms with E-state index in [1.807, 2.05) is 24.3 Å². The van der Waals surface area contributed by atoms with Gasteiger partial charge in [-0.2, -0.15) is 0 Å². The number of benzene rings is 2. The topological polar surface area (TPSA) is 42.8 Å². The van der Waals surface area contributed by atoms with Crippen molar-refractivity contribution in [2.45, 2.75) is 50.4 Å². The van der Waals surface area contributed by atoms with Crippen LogP contribution in [0, 0.1) is 0 Å². The summed E-state index contributed by atoms with van der Waals surface area (Å²) in [5.41, 5.74) is 2.12. The zero-order chi connectivity index (χ0) is 17.9. The molecule has 2 N–H and O–H groups in total. The summed E-state index contributed by atoms with van der Waals surface area (Å²) in [6.07, 6.45) is 4.73. The summed E-state index contributed by atoms with van der Waals surface area (Å²) in [6.45, 7) is 1.11. The lowest BCUT2D eigenvalue weighted by atomic mass is 9.96. The fourth-order valence-corrected chi connectivity index (χ4v) is 4.68. The van der Waals surface area contributed by atoms with Crippen LogP contribution in [0.25, 0.3) is 0 Å². The minimum Gasteiger partial charge on any atom is -0.497 e. The summed E-state index contributed by atoms with van der Waals surface area (Å²) in [5, 5.41) is 3.26. The van der Waals surface area contributed by atoms with Crippen LogP contribution >= 0.6 is 0 Å². The van der Waals surface area contributed by atoms with Crippen molar-refractivity contribution in [3.05, 3.63) is 65.7 Å². The highest BCUT2D eigenvalue weighted by Gasteiger charge is 2.44. The Balaban J connectivity index is 1.36. The van der Waals surface area contributed by atoms with Crippen LogP contribution in [0.2, 0.25) is 0 Å².